The van der Waals surface area contributed by atoms with Gasteiger partial charge >= 0.3 is 12.1 Å². The molecule has 8 heterocycles. The number of ether oxygens (including phenoxy) is 3. The molecule has 6 aromatic heterocycles. The first-order valence-electron chi connectivity index (χ1n) is 27.3. The maximum absolute atomic E-state index is 12.8. The number of amides is 2. The number of aryl methyl sites for hydroxylation is 2. The van der Waals surface area contributed by atoms with Gasteiger partial charge in [0.1, 0.15) is 28.8 Å². The van der Waals surface area contributed by atoms with Gasteiger partial charge in [-0.15, -0.1) is 0 Å². The first-order chi connectivity index (χ1) is 40.4. The maximum Gasteiger partial charge on any atom is 0.410 e. The van der Waals surface area contributed by atoms with Crippen molar-refractivity contribution >= 4 is 75.3 Å². The van der Waals surface area contributed by atoms with Crippen LogP contribution in [0.5, 0.6) is 11.5 Å². The highest BCUT2D eigenvalue weighted by molar-refractivity contribution is 5.96. The van der Waals surface area contributed by atoms with Gasteiger partial charge in [-0.1, -0.05) is 0 Å². The predicted octanol–water partition coefficient (Wildman–Crippen LogP) is 8.96. The first-order valence-corrected chi connectivity index (χ1v) is 27.3. The molecule has 10 rings (SSSR count). The number of pyridine rings is 4. The van der Waals surface area contributed by atoms with Crippen LogP contribution < -0.4 is 31.6 Å². The molecule has 0 unspecified atom stereocenters. The summed E-state index contributed by atoms with van der Waals surface area (Å²) >= 11 is 0. The van der Waals surface area contributed by atoms with Crippen molar-refractivity contribution in [3.8, 4) is 34.0 Å². The van der Waals surface area contributed by atoms with Gasteiger partial charge in [-0.25, -0.2) is 19.6 Å². The summed E-state index contributed by atoms with van der Waals surface area (Å²) in [4.78, 5) is 80.3. The molecule has 21 nitrogen and oxygen atoms in total. The summed E-state index contributed by atoms with van der Waals surface area (Å²) in [6.45, 7) is 11.8. The molecule has 0 spiro atoms. The molecular formula is C63H68N10O11. The molecule has 436 valence electrons. The van der Waals surface area contributed by atoms with Crippen LogP contribution >= 0.6 is 0 Å². The van der Waals surface area contributed by atoms with Crippen LogP contribution in [-0.4, -0.2) is 137 Å². The number of carboxylic acids is 1. The van der Waals surface area contributed by atoms with Gasteiger partial charge in [0.15, 0.2) is 34.2 Å². The molecule has 8 aromatic rings. The Morgan fingerprint density at radius 2 is 1.05 bits per heavy atom. The van der Waals surface area contributed by atoms with Crippen LogP contribution in [0, 0.1) is 0 Å². The van der Waals surface area contributed by atoms with Crippen molar-refractivity contribution in [1.29, 1.82) is 0 Å². The van der Waals surface area contributed by atoms with Gasteiger partial charge in [0.2, 0.25) is 0 Å². The number of hydrogen-bond donors (Lipinski definition) is 5. The molecule has 0 radical (unpaired) electrons. The average Bonchev–Trinajstić information content (AvgIpc) is 4.16. The van der Waals surface area contributed by atoms with Crippen LogP contribution in [0.1, 0.15) is 77.0 Å². The van der Waals surface area contributed by atoms with E-state index < -0.39 is 5.97 Å². The number of nitrogens with two attached hydrogens (primary N) is 2. The Morgan fingerprint density at radius 3 is 1.44 bits per heavy atom. The summed E-state index contributed by atoms with van der Waals surface area (Å²) in [6.07, 6.45) is 13.9. The SMILES string of the molecule is CC(C)(C)OC(=O)N1CCNCC1.COc1cc(-c2ccc(C(=O)N3CCNCC3)cn2)cc2cc(CCC(=O)/C=C/c3ccc(N)nc3)oc12.COc1cc(-c2ccc(C(=O)O)cn2)cc2cc(CCC(=O)/C=C/c3ccc(N)nc3)oc12. The lowest BCUT2D eigenvalue weighted by Crippen LogP contribution is -2.48. The van der Waals surface area contributed by atoms with E-state index in [0.29, 0.717) is 89.4 Å². The number of nitrogens with one attached hydrogen (secondary N) is 2. The van der Waals surface area contributed by atoms with Crippen molar-refractivity contribution in [2.45, 2.75) is 52.1 Å². The Hall–Kier alpha value is -9.73. The van der Waals surface area contributed by atoms with Crippen LogP contribution in [-0.2, 0) is 27.2 Å². The Balaban J connectivity index is 0.000000182. The quantitative estimate of drug-likeness (QED) is 0.0564. The number of piperazine rings is 2. The minimum Gasteiger partial charge on any atom is -0.493 e. The number of hydrogen-bond acceptors (Lipinski definition) is 18. The molecule has 2 fully saturated rings. The van der Waals surface area contributed by atoms with Crippen molar-refractivity contribution < 1.29 is 52.1 Å². The van der Waals surface area contributed by atoms with Crippen molar-refractivity contribution in [2.75, 3.05) is 78.0 Å². The topological polar surface area (TPSA) is 294 Å². The summed E-state index contributed by atoms with van der Waals surface area (Å²) in [5, 5.41) is 17.1. The molecule has 0 saturated carbocycles. The fraction of sp³-hybridized carbons (Fsp3) is 0.286. The molecule has 2 amide bonds. The normalized spacial score (nSPS) is 13.5. The summed E-state index contributed by atoms with van der Waals surface area (Å²) < 4.78 is 28.3. The first kappa shape index (κ1) is 60.4. The fourth-order valence-electron chi connectivity index (χ4n) is 8.87. The van der Waals surface area contributed by atoms with Crippen LogP contribution in [0.2, 0.25) is 0 Å². The summed E-state index contributed by atoms with van der Waals surface area (Å²) in [5.74, 6) is 2.22. The third-order valence-electron chi connectivity index (χ3n) is 13.3. The van der Waals surface area contributed by atoms with E-state index in [-0.39, 0.29) is 41.2 Å². The molecular weight excluding hydrogens is 1070 g/mol. The lowest BCUT2D eigenvalue weighted by molar-refractivity contribution is -0.115. The van der Waals surface area contributed by atoms with Gasteiger partial charge in [0.25, 0.3) is 5.91 Å². The number of allylic oxidation sites excluding steroid dienone is 2. The summed E-state index contributed by atoms with van der Waals surface area (Å²) in [7, 11) is 3.13. The molecule has 2 aliphatic rings. The highest BCUT2D eigenvalue weighted by atomic mass is 16.6. The number of fused-ring (bicyclic) bond motifs is 2. The second kappa shape index (κ2) is 28.3. The van der Waals surface area contributed by atoms with Crippen LogP contribution in [0.4, 0.5) is 16.4 Å². The Kier molecular flexibility index (Phi) is 20.3. The number of benzene rings is 2. The maximum atomic E-state index is 12.8. The van der Waals surface area contributed by atoms with Crippen LogP contribution in [0.15, 0.2) is 131 Å². The molecule has 2 saturated heterocycles. The van der Waals surface area contributed by atoms with E-state index in [9.17, 15) is 24.0 Å². The Bertz CT molecular complexity index is 3630. The van der Waals surface area contributed by atoms with E-state index in [4.69, 9.17) is 39.6 Å². The number of aromatic nitrogens is 4. The number of aromatic carboxylic acids is 1. The van der Waals surface area contributed by atoms with E-state index in [2.05, 4.69) is 30.6 Å². The number of carbonyl (C=O) groups excluding carboxylic acids is 4. The lowest BCUT2D eigenvalue weighted by atomic mass is 10.1. The number of nitrogen functional groups attached to an aromatic ring is 2. The fourth-order valence-corrected chi connectivity index (χ4v) is 8.87. The molecule has 84 heavy (non-hydrogen) atoms. The molecule has 2 aromatic carbocycles. The van der Waals surface area contributed by atoms with Gasteiger partial charge in [-0.2, -0.15) is 0 Å². The third-order valence-corrected chi connectivity index (χ3v) is 13.3. The van der Waals surface area contributed by atoms with Gasteiger partial charge in [0, 0.05) is 125 Å². The van der Waals surface area contributed by atoms with Crippen molar-refractivity contribution in [3.05, 3.63) is 156 Å². The predicted molar refractivity (Wildman–Crippen MR) is 320 cm³/mol. The van der Waals surface area contributed by atoms with Crippen molar-refractivity contribution in [3.63, 3.8) is 0 Å². The smallest absolute Gasteiger partial charge is 0.410 e. The molecule has 0 atom stereocenters. The van der Waals surface area contributed by atoms with Gasteiger partial charge in [0.05, 0.1) is 36.7 Å². The molecule has 2 aliphatic heterocycles. The highest BCUT2D eigenvalue weighted by Gasteiger charge is 2.24. The second-order valence-corrected chi connectivity index (χ2v) is 20.7. The number of methoxy groups -OCH3 is 2. The number of ketones is 2. The van der Waals surface area contributed by atoms with Crippen LogP contribution in [0.3, 0.4) is 0 Å². The largest absolute Gasteiger partial charge is 0.493 e. The number of carboxylic acid groups (broad SMARTS) is 1. The zero-order chi connectivity index (χ0) is 59.8. The molecule has 21 heteroatoms. The molecule has 0 aliphatic carbocycles. The summed E-state index contributed by atoms with van der Waals surface area (Å²) in [5.41, 5.74) is 17.2. The van der Waals surface area contributed by atoms with E-state index in [1.807, 2.05) is 74.2 Å². The van der Waals surface area contributed by atoms with Crippen LogP contribution in [0.25, 0.3) is 56.6 Å². The number of furan rings is 2. The lowest BCUT2D eigenvalue weighted by Gasteiger charge is -2.30. The minimum absolute atomic E-state index is 0.00687. The summed E-state index contributed by atoms with van der Waals surface area (Å²) in [6, 6.07) is 25.1. The minimum atomic E-state index is -1.03. The number of carbonyl (C=O) groups is 5. The number of rotatable bonds is 16. The average molecular weight is 1140 g/mol. The van der Waals surface area contributed by atoms with E-state index in [0.717, 1.165) is 78.0 Å². The van der Waals surface area contributed by atoms with E-state index in [1.165, 1.54) is 24.4 Å². The van der Waals surface area contributed by atoms with E-state index >= 15 is 0 Å². The van der Waals surface area contributed by atoms with Gasteiger partial charge < -0.3 is 60.1 Å². The standard InChI is InChI=1S/C29H29N5O4.C25H21N3O5.C9H18N2O2/c1-37-26-16-21(25-8-4-20(18-32-25)29(36)34-12-10-31-11-13-34)14-22-15-24(38-28(22)26)7-6-23(35)5-2-19-3-9-27(30)33-17-19;1-32-22-12-17(21-8-4-16(14-27-21)25(30)31)10-18-11-20(33-24(18)22)7-6-19(29)5-2-15-3-9-23(26)28-13-15;1-9(2,3)13-8(12)11-6-4-10-5-7-11/h2-5,8-9,14-18,31H,6-7,10-13H2,1H3,(H2,30,33);2-5,8-14H,6-7H2,1H3,(H2,26,28)(H,30,31);10H,4-7H2,1-3H3/b2*5-2+;. The van der Waals surface area contributed by atoms with Gasteiger partial charge in [-0.05, 0) is 141 Å². The molecule has 7 N–H and O–H groups in total. The van der Waals surface area contributed by atoms with Crippen molar-refractivity contribution in [1.82, 2.24) is 40.4 Å². The highest BCUT2D eigenvalue weighted by Crippen LogP contribution is 2.36. The third kappa shape index (κ3) is 16.9. The van der Waals surface area contributed by atoms with Gasteiger partial charge in [-0.3, -0.25) is 24.4 Å². The Morgan fingerprint density at radius 1 is 0.595 bits per heavy atom. The number of anilines is 2. The molecule has 0 bridgehead atoms. The zero-order valence-corrected chi connectivity index (χ0v) is 47.6. The van der Waals surface area contributed by atoms with Crippen molar-refractivity contribution in [2.24, 2.45) is 0 Å². The second-order valence-electron chi connectivity index (χ2n) is 20.7. The van der Waals surface area contributed by atoms with E-state index in [1.54, 1.807) is 80.2 Å². The monoisotopic (exact) mass is 1140 g/mol. The zero-order valence-electron chi connectivity index (χ0n) is 47.6. The number of nitrogens with zero attached hydrogens (tertiary/aromatic N) is 6. The Labute approximate surface area is 485 Å².